The standard InChI is InChI=1S/C11H14BrN3OS/c1-6(2)7(13)5-10-14-11(15-16-10)8-3-4-9(12)17-8/h3-4,6-7H,5,13H2,1-2H3. The third kappa shape index (κ3) is 3.14. The Labute approximate surface area is 112 Å². The van der Waals surface area contributed by atoms with E-state index >= 15 is 0 Å². The summed E-state index contributed by atoms with van der Waals surface area (Å²) >= 11 is 4.99. The van der Waals surface area contributed by atoms with E-state index < -0.39 is 0 Å². The lowest BCUT2D eigenvalue weighted by molar-refractivity contribution is 0.353. The summed E-state index contributed by atoms with van der Waals surface area (Å²) in [6.07, 6.45) is 0.622. The minimum atomic E-state index is 0.0540. The Hall–Kier alpha value is -0.720. The van der Waals surface area contributed by atoms with Gasteiger partial charge < -0.3 is 10.3 Å². The smallest absolute Gasteiger partial charge is 0.228 e. The van der Waals surface area contributed by atoms with Crippen LogP contribution in [0.25, 0.3) is 10.7 Å². The van der Waals surface area contributed by atoms with E-state index in [4.69, 9.17) is 10.3 Å². The number of hydrogen-bond donors (Lipinski definition) is 1. The van der Waals surface area contributed by atoms with Crippen LogP contribution in [0.4, 0.5) is 0 Å². The van der Waals surface area contributed by atoms with Gasteiger partial charge in [0.2, 0.25) is 11.7 Å². The van der Waals surface area contributed by atoms with Crippen LogP contribution in [0.3, 0.4) is 0 Å². The Morgan fingerprint density at radius 1 is 1.47 bits per heavy atom. The van der Waals surface area contributed by atoms with Crippen LogP contribution >= 0.6 is 27.3 Å². The van der Waals surface area contributed by atoms with Crippen LogP contribution in [0.15, 0.2) is 20.4 Å². The maximum atomic E-state index is 5.97. The molecule has 2 N–H and O–H groups in total. The summed E-state index contributed by atoms with van der Waals surface area (Å²) < 4.78 is 6.25. The molecule has 6 heteroatoms. The van der Waals surface area contributed by atoms with E-state index in [-0.39, 0.29) is 6.04 Å². The van der Waals surface area contributed by atoms with E-state index in [1.54, 1.807) is 11.3 Å². The molecule has 17 heavy (non-hydrogen) atoms. The molecule has 0 aliphatic rings. The van der Waals surface area contributed by atoms with Crippen molar-refractivity contribution in [2.45, 2.75) is 26.3 Å². The first-order valence-electron chi connectivity index (χ1n) is 5.40. The molecule has 92 valence electrons. The number of thiophene rings is 1. The molecule has 2 aromatic heterocycles. The molecule has 0 amide bonds. The number of nitrogens with zero attached hydrogens (tertiary/aromatic N) is 2. The lowest BCUT2D eigenvalue weighted by Crippen LogP contribution is -2.28. The molecule has 0 spiro atoms. The van der Waals surface area contributed by atoms with Crippen LogP contribution in [0, 0.1) is 5.92 Å². The van der Waals surface area contributed by atoms with Crippen LogP contribution in [-0.2, 0) is 6.42 Å². The molecule has 0 saturated heterocycles. The number of rotatable bonds is 4. The van der Waals surface area contributed by atoms with Crippen LogP contribution < -0.4 is 5.73 Å². The van der Waals surface area contributed by atoms with Gasteiger partial charge in [-0.05, 0) is 34.0 Å². The highest BCUT2D eigenvalue weighted by Crippen LogP contribution is 2.29. The average Bonchev–Trinajstić information content (AvgIpc) is 2.86. The van der Waals surface area contributed by atoms with E-state index in [1.807, 2.05) is 12.1 Å². The second-order valence-electron chi connectivity index (χ2n) is 4.23. The topological polar surface area (TPSA) is 64.9 Å². The van der Waals surface area contributed by atoms with E-state index in [0.717, 1.165) is 8.66 Å². The maximum absolute atomic E-state index is 5.97. The van der Waals surface area contributed by atoms with Crippen molar-refractivity contribution in [1.29, 1.82) is 0 Å². The highest BCUT2D eigenvalue weighted by molar-refractivity contribution is 9.11. The van der Waals surface area contributed by atoms with Gasteiger partial charge >= 0.3 is 0 Å². The maximum Gasteiger partial charge on any atom is 0.228 e. The SMILES string of the molecule is CC(C)C(N)Cc1nc(-c2ccc(Br)s2)no1. The first-order chi connectivity index (χ1) is 8.06. The lowest BCUT2D eigenvalue weighted by Gasteiger charge is -2.11. The fourth-order valence-electron chi connectivity index (χ4n) is 1.31. The molecule has 0 bridgehead atoms. The van der Waals surface area contributed by atoms with Crippen LogP contribution in [0.2, 0.25) is 0 Å². The van der Waals surface area contributed by atoms with Crippen molar-refractivity contribution in [3.05, 3.63) is 21.8 Å². The van der Waals surface area contributed by atoms with Gasteiger partial charge in [-0.3, -0.25) is 0 Å². The summed E-state index contributed by atoms with van der Waals surface area (Å²) in [5.74, 6) is 1.64. The highest BCUT2D eigenvalue weighted by atomic mass is 79.9. The number of hydrogen-bond acceptors (Lipinski definition) is 5. The molecule has 4 nitrogen and oxygen atoms in total. The molecule has 0 fully saturated rings. The minimum absolute atomic E-state index is 0.0540. The van der Waals surface area contributed by atoms with E-state index in [9.17, 15) is 0 Å². The normalized spacial score (nSPS) is 13.2. The summed E-state index contributed by atoms with van der Waals surface area (Å²) in [5.41, 5.74) is 5.97. The van der Waals surface area contributed by atoms with Gasteiger partial charge in [0.15, 0.2) is 0 Å². The van der Waals surface area contributed by atoms with Gasteiger partial charge in [0, 0.05) is 12.5 Å². The lowest BCUT2D eigenvalue weighted by atomic mass is 10.0. The largest absolute Gasteiger partial charge is 0.339 e. The van der Waals surface area contributed by atoms with Crippen LogP contribution in [-0.4, -0.2) is 16.2 Å². The molecule has 0 radical (unpaired) electrons. The molecule has 2 rings (SSSR count). The molecule has 2 heterocycles. The number of nitrogens with two attached hydrogens (primary N) is 1. The summed E-state index contributed by atoms with van der Waals surface area (Å²) in [5, 5.41) is 3.96. The predicted molar refractivity (Wildman–Crippen MR) is 71.8 cm³/mol. The van der Waals surface area contributed by atoms with E-state index in [2.05, 4.69) is 39.9 Å². The second kappa shape index (κ2) is 5.29. The molecular weight excluding hydrogens is 302 g/mol. The third-order valence-corrected chi connectivity index (χ3v) is 4.15. The van der Waals surface area contributed by atoms with Gasteiger partial charge in [-0.15, -0.1) is 11.3 Å². The number of halogens is 1. The Bertz CT molecular complexity index is 494. The first kappa shape index (κ1) is 12.7. The molecule has 0 aliphatic heterocycles. The van der Waals surface area contributed by atoms with Crippen molar-refractivity contribution in [1.82, 2.24) is 10.1 Å². The highest BCUT2D eigenvalue weighted by Gasteiger charge is 2.15. The first-order valence-corrected chi connectivity index (χ1v) is 7.01. The summed E-state index contributed by atoms with van der Waals surface area (Å²) in [6, 6.07) is 3.99. The molecule has 2 aromatic rings. The Morgan fingerprint density at radius 2 is 2.24 bits per heavy atom. The van der Waals surface area contributed by atoms with Gasteiger partial charge in [-0.25, -0.2) is 0 Å². The Morgan fingerprint density at radius 3 is 2.82 bits per heavy atom. The molecular formula is C11H14BrN3OS. The van der Waals surface area contributed by atoms with Crippen molar-refractivity contribution >= 4 is 27.3 Å². The summed E-state index contributed by atoms with van der Waals surface area (Å²) in [7, 11) is 0. The third-order valence-electron chi connectivity index (χ3n) is 2.53. The van der Waals surface area contributed by atoms with E-state index in [1.165, 1.54) is 0 Å². The second-order valence-corrected chi connectivity index (χ2v) is 6.69. The fraction of sp³-hybridized carbons (Fsp3) is 0.455. The zero-order chi connectivity index (χ0) is 12.4. The minimum Gasteiger partial charge on any atom is -0.339 e. The Balaban J connectivity index is 2.11. The van der Waals surface area contributed by atoms with Crippen molar-refractivity contribution in [3.8, 4) is 10.7 Å². The van der Waals surface area contributed by atoms with Gasteiger partial charge in [-0.2, -0.15) is 4.98 Å². The fourth-order valence-corrected chi connectivity index (χ4v) is 2.62. The van der Waals surface area contributed by atoms with Gasteiger partial charge in [0.05, 0.1) is 8.66 Å². The van der Waals surface area contributed by atoms with Gasteiger partial charge in [-0.1, -0.05) is 19.0 Å². The molecule has 1 unspecified atom stereocenters. The Kier molecular flexibility index (Phi) is 3.96. The summed E-state index contributed by atoms with van der Waals surface area (Å²) in [4.78, 5) is 5.34. The molecule has 0 aliphatic carbocycles. The van der Waals surface area contributed by atoms with Crippen molar-refractivity contribution < 1.29 is 4.52 Å². The van der Waals surface area contributed by atoms with Gasteiger partial charge in [0.25, 0.3) is 0 Å². The van der Waals surface area contributed by atoms with Crippen molar-refractivity contribution in [2.75, 3.05) is 0 Å². The molecule has 0 saturated carbocycles. The molecule has 1 atom stereocenters. The zero-order valence-corrected chi connectivity index (χ0v) is 12.1. The van der Waals surface area contributed by atoms with Gasteiger partial charge in [0.1, 0.15) is 0 Å². The van der Waals surface area contributed by atoms with Crippen LogP contribution in [0.5, 0.6) is 0 Å². The predicted octanol–water partition coefficient (Wildman–Crippen LogP) is 3.09. The quantitative estimate of drug-likeness (QED) is 0.941. The van der Waals surface area contributed by atoms with Crippen molar-refractivity contribution in [2.24, 2.45) is 11.7 Å². The number of aromatic nitrogens is 2. The average molecular weight is 316 g/mol. The molecule has 0 aromatic carbocycles. The monoisotopic (exact) mass is 315 g/mol. The van der Waals surface area contributed by atoms with Crippen LogP contribution in [0.1, 0.15) is 19.7 Å². The van der Waals surface area contributed by atoms with Crippen molar-refractivity contribution in [3.63, 3.8) is 0 Å². The zero-order valence-electron chi connectivity index (χ0n) is 9.68. The summed E-state index contributed by atoms with van der Waals surface area (Å²) in [6.45, 7) is 4.16. The van der Waals surface area contributed by atoms with E-state index in [0.29, 0.717) is 24.1 Å².